The first-order valence-electron chi connectivity index (χ1n) is 12.5. The summed E-state index contributed by atoms with van der Waals surface area (Å²) < 4.78 is 22.1. The third-order valence-corrected chi connectivity index (χ3v) is 7.16. The predicted molar refractivity (Wildman–Crippen MR) is 140 cm³/mol. The van der Waals surface area contributed by atoms with Crippen LogP contribution in [0.1, 0.15) is 30.4 Å². The van der Waals surface area contributed by atoms with E-state index in [9.17, 15) is 9.50 Å². The fourth-order valence-corrected chi connectivity index (χ4v) is 5.00. The zero-order chi connectivity index (χ0) is 25.6. The molecule has 188 valence electrons. The Balaban J connectivity index is 1.31. The van der Waals surface area contributed by atoms with Crippen LogP contribution in [-0.2, 0) is 13.6 Å². The third-order valence-electron chi connectivity index (χ3n) is 7.16. The van der Waals surface area contributed by atoms with Crippen LogP contribution in [-0.4, -0.2) is 37.0 Å². The van der Waals surface area contributed by atoms with Crippen molar-refractivity contribution in [1.82, 2.24) is 25.1 Å². The van der Waals surface area contributed by atoms with E-state index in [2.05, 4.69) is 21.6 Å². The summed E-state index contributed by atoms with van der Waals surface area (Å²) in [6.45, 7) is 3.27. The van der Waals surface area contributed by atoms with Crippen LogP contribution in [0.3, 0.4) is 0 Å². The van der Waals surface area contributed by atoms with Crippen molar-refractivity contribution < 1.29 is 13.9 Å². The number of oxazole rings is 1. The molecule has 0 saturated heterocycles. The second-order valence-electron chi connectivity index (χ2n) is 10.00. The Hall–Kier alpha value is -3.88. The summed E-state index contributed by atoms with van der Waals surface area (Å²) in [7, 11) is 1.83. The Morgan fingerprint density at radius 3 is 2.68 bits per heavy atom. The molecule has 0 spiro atoms. The zero-order valence-electron chi connectivity index (χ0n) is 20.8. The molecule has 6 rings (SSSR count). The summed E-state index contributed by atoms with van der Waals surface area (Å²) >= 11 is 0. The molecule has 3 aromatic carbocycles. The van der Waals surface area contributed by atoms with Gasteiger partial charge in [-0.1, -0.05) is 24.3 Å². The lowest BCUT2D eigenvalue weighted by Gasteiger charge is -2.36. The van der Waals surface area contributed by atoms with Gasteiger partial charge < -0.3 is 19.4 Å². The summed E-state index contributed by atoms with van der Waals surface area (Å²) in [6.07, 6.45) is 4.42. The molecule has 0 unspecified atom stereocenters. The van der Waals surface area contributed by atoms with Crippen LogP contribution >= 0.6 is 0 Å². The lowest BCUT2D eigenvalue weighted by molar-refractivity contribution is -0.0314. The molecule has 1 aliphatic rings. The Morgan fingerprint density at radius 2 is 1.92 bits per heavy atom. The van der Waals surface area contributed by atoms with E-state index in [1.54, 1.807) is 17.0 Å². The van der Waals surface area contributed by atoms with E-state index < -0.39 is 5.60 Å². The van der Waals surface area contributed by atoms with E-state index in [1.165, 1.54) is 12.1 Å². The lowest BCUT2D eigenvalue weighted by Crippen LogP contribution is -2.45. The maximum absolute atomic E-state index is 14.2. The number of aromatic nitrogens is 4. The molecule has 2 aromatic heterocycles. The fourth-order valence-electron chi connectivity index (χ4n) is 5.00. The molecule has 0 bridgehead atoms. The number of rotatable bonds is 7. The summed E-state index contributed by atoms with van der Waals surface area (Å²) in [5.41, 5.74) is 6.33. The standard InChI is InChI=1S/C29H28FN5O2/c1-18-11-19(15-31-16-29(36)9-4-10-29)12-25-26(18)37-28(33-25)21-6-3-5-20(13-21)23-8-7-22(30)14-24(23)27-34-32-17-35(27)2/h3,5-8,11-14,17,31,36H,4,9-10,15-16H2,1-2H3. The average Bonchev–Trinajstić information content (AvgIpc) is 3.49. The number of hydrogen-bond acceptors (Lipinski definition) is 6. The van der Waals surface area contributed by atoms with Crippen LogP contribution in [0.4, 0.5) is 4.39 Å². The largest absolute Gasteiger partial charge is 0.436 e. The second kappa shape index (κ2) is 9.21. The molecule has 0 aliphatic heterocycles. The van der Waals surface area contributed by atoms with Crippen LogP contribution in [0.15, 0.2) is 65.3 Å². The van der Waals surface area contributed by atoms with Gasteiger partial charge in [0, 0.05) is 31.3 Å². The highest BCUT2D eigenvalue weighted by Crippen LogP contribution is 2.35. The van der Waals surface area contributed by atoms with E-state index in [4.69, 9.17) is 9.40 Å². The Labute approximate surface area is 214 Å². The molecule has 2 heterocycles. The minimum absolute atomic E-state index is 0.334. The number of aliphatic hydroxyl groups is 1. The number of halogens is 1. The Morgan fingerprint density at radius 1 is 1.08 bits per heavy atom. The van der Waals surface area contributed by atoms with Gasteiger partial charge in [0.15, 0.2) is 11.4 Å². The average molecular weight is 498 g/mol. The number of nitrogens with zero attached hydrogens (tertiary/aromatic N) is 4. The molecule has 7 nitrogen and oxygen atoms in total. The van der Waals surface area contributed by atoms with E-state index in [0.717, 1.165) is 58.2 Å². The van der Waals surface area contributed by atoms with Gasteiger partial charge in [0.1, 0.15) is 17.7 Å². The second-order valence-corrected chi connectivity index (χ2v) is 10.00. The molecule has 1 fully saturated rings. The first-order valence-corrected chi connectivity index (χ1v) is 12.5. The van der Waals surface area contributed by atoms with E-state index >= 15 is 0 Å². The number of nitrogens with one attached hydrogen (secondary N) is 1. The van der Waals surface area contributed by atoms with E-state index in [0.29, 0.717) is 30.4 Å². The van der Waals surface area contributed by atoms with E-state index in [-0.39, 0.29) is 5.82 Å². The van der Waals surface area contributed by atoms with Crippen molar-refractivity contribution in [3.05, 3.63) is 77.9 Å². The van der Waals surface area contributed by atoms with Crippen LogP contribution < -0.4 is 5.32 Å². The smallest absolute Gasteiger partial charge is 0.227 e. The molecule has 5 aromatic rings. The van der Waals surface area contributed by atoms with Crippen LogP contribution in [0.25, 0.3) is 45.1 Å². The maximum atomic E-state index is 14.2. The van der Waals surface area contributed by atoms with Gasteiger partial charge in [-0.3, -0.25) is 0 Å². The molecular weight excluding hydrogens is 469 g/mol. The highest BCUT2D eigenvalue weighted by Gasteiger charge is 2.33. The van der Waals surface area contributed by atoms with Crippen LogP contribution in [0.2, 0.25) is 0 Å². The van der Waals surface area contributed by atoms with E-state index in [1.807, 2.05) is 44.3 Å². The minimum Gasteiger partial charge on any atom is -0.436 e. The number of fused-ring (bicyclic) bond motifs is 1. The highest BCUT2D eigenvalue weighted by molar-refractivity contribution is 5.84. The van der Waals surface area contributed by atoms with Gasteiger partial charge in [0.25, 0.3) is 0 Å². The molecule has 2 N–H and O–H groups in total. The van der Waals surface area contributed by atoms with Crippen LogP contribution in [0, 0.1) is 12.7 Å². The lowest BCUT2D eigenvalue weighted by atomic mass is 9.80. The van der Waals surface area contributed by atoms with Crippen molar-refractivity contribution in [1.29, 1.82) is 0 Å². The SMILES string of the molecule is Cc1cc(CNCC2(O)CCC2)cc2nc(-c3cccc(-c4ccc(F)cc4-c4nncn4C)c3)oc12. The summed E-state index contributed by atoms with van der Waals surface area (Å²) in [6, 6.07) is 16.7. The molecule has 1 saturated carbocycles. The van der Waals surface area contributed by atoms with Crippen molar-refractivity contribution in [2.24, 2.45) is 7.05 Å². The normalized spacial score (nSPS) is 14.7. The van der Waals surface area contributed by atoms with Crippen molar-refractivity contribution in [2.45, 2.75) is 38.3 Å². The Kier molecular flexibility index (Phi) is 5.85. The Bertz CT molecular complexity index is 1600. The third kappa shape index (κ3) is 4.54. The number of benzene rings is 3. The topological polar surface area (TPSA) is 89.0 Å². The van der Waals surface area contributed by atoms with Crippen molar-refractivity contribution in [3.8, 4) is 34.0 Å². The van der Waals surface area contributed by atoms with Gasteiger partial charge in [-0.15, -0.1) is 10.2 Å². The minimum atomic E-state index is -0.553. The number of hydrogen-bond donors (Lipinski definition) is 2. The molecule has 0 amide bonds. The fraction of sp³-hybridized carbons (Fsp3) is 0.276. The molecule has 8 heteroatoms. The van der Waals surface area contributed by atoms with Crippen molar-refractivity contribution in [3.63, 3.8) is 0 Å². The summed E-state index contributed by atoms with van der Waals surface area (Å²) in [5, 5.41) is 21.8. The van der Waals surface area contributed by atoms with Gasteiger partial charge in [-0.05, 0) is 78.8 Å². The summed E-state index contributed by atoms with van der Waals surface area (Å²) in [4.78, 5) is 4.79. The zero-order valence-corrected chi connectivity index (χ0v) is 20.8. The highest BCUT2D eigenvalue weighted by atomic mass is 19.1. The molecule has 0 radical (unpaired) electrons. The molecule has 37 heavy (non-hydrogen) atoms. The van der Waals surface area contributed by atoms with Crippen molar-refractivity contribution >= 4 is 11.1 Å². The van der Waals surface area contributed by atoms with Gasteiger partial charge in [-0.25, -0.2) is 9.37 Å². The monoisotopic (exact) mass is 497 g/mol. The van der Waals surface area contributed by atoms with Gasteiger partial charge in [0.05, 0.1) is 5.60 Å². The molecular formula is C29H28FN5O2. The first-order chi connectivity index (χ1) is 17.9. The predicted octanol–water partition coefficient (Wildman–Crippen LogP) is 5.41. The van der Waals surface area contributed by atoms with Crippen LogP contribution in [0.5, 0.6) is 0 Å². The first kappa shape index (κ1) is 23.5. The van der Waals surface area contributed by atoms with Gasteiger partial charge in [-0.2, -0.15) is 0 Å². The maximum Gasteiger partial charge on any atom is 0.227 e. The molecule has 0 atom stereocenters. The summed E-state index contributed by atoms with van der Waals surface area (Å²) in [5.74, 6) is 0.776. The number of aryl methyl sites for hydroxylation is 2. The van der Waals surface area contributed by atoms with Gasteiger partial charge >= 0.3 is 0 Å². The van der Waals surface area contributed by atoms with Gasteiger partial charge in [0.2, 0.25) is 5.89 Å². The molecule has 1 aliphatic carbocycles. The quantitative estimate of drug-likeness (QED) is 0.313. The van der Waals surface area contributed by atoms with Crippen molar-refractivity contribution in [2.75, 3.05) is 6.54 Å².